The highest BCUT2D eigenvalue weighted by Crippen LogP contribution is 2.56. The number of rotatable bonds is 3. The summed E-state index contributed by atoms with van der Waals surface area (Å²) in [7, 11) is 0. The fraction of sp³-hybridized carbons (Fsp3) is 0.889. The number of halogens is 1. The molecule has 0 saturated heterocycles. The van der Waals surface area contributed by atoms with Crippen molar-refractivity contribution in [2.24, 2.45) is 17.6 Å². The van der Waals surface area contributed by atoms with Gasteiger partial charge in [0.15, 0.2) is 0 Å². The molecule has 0 amide bonds. The second-order valence-corrected chi connectivity index (χ2v) is 3.91. The van der Waals surface area contributed by atoms with Gasteiger partial charge in [-0.2, -0.15) is 0 Å². The molecule has 0 aromatic heterocycles. The molecular weight excluding hydrogens is 190 g/mol. The Morgan fingerprint density at radius 1 is 1.62 bits per heavy atom. The van der Waals surface area contributed by atoms with Gasteiger partial charge in [0.05, 0.1) is 6.61 Å². The molecule has 2 aliphatic rings. The first-order valence-electron chi connectivity index (χ1n) is 4.64. The Morgan fingerprint density at radius 2 is 2.23 bits per heavy atom. The van der Waals surface area contributed by atoms with Gasteiger partial charge in [-0.25, -0.2) is 0 Å². The van der Waals surface area contributed by atoms with E-state index in [1.807, 2.05) is 6.92 Å². The fourth-order valence-electron chi connectivity index (χ4n) is 1.89. The molecule has 0 aromatic carbocycles. The van der Waals surface area contributed by atoms with E-state index in [0.717, 1.165) is 12.3 Å². The third-order valence-corrected chi connectivity index (χ3v) is 2.91. The van der Waals surface area contributed by atoms with Crippen LogP contribution < -0.4 is 5.73 Å². The van der Waals surface area contributed by atoms with Crippen LogP contribution >= 0.6 is 12.4 Å². The minimum absolute atomic E-state index is 0. The van der Waals surface area contributed by atoms with E-state index in [1.54, 1.807) is 0 Å². The zero-order valence-corrected chi connectivity index (χ0v) is 8.60. The average Bonchev–Trinajstić information content (AvgIpc) is 2.81. The quantitative estimate of drug-likeness (QED) is 0.702. The summed E-state index contributed by atoms with van der Waals surface area (Å²) in [5.41, 5.74) is 5.29. The molecule has 2 rings (SSSR count). The lowest BCUT2D eigenvalue weighted by molar-refractivity contribution is -0.146. The van der Waals surface area contributed by atoms with E-state index in [4.69, 9.17) is 10.5 Å². The number of hydrogen-bond donors (Lipinski definition) is 1. The lowest BCUT2D eigenvalue weighted by Crippen LogP contribution is -2.37. The summed E-state index contributed by atoms with van der Waals surface area (Å²) in [4.78, 5) is 11.3. The van der Waals surface area contributed by atoms with Crippen molar-refractivity contribution >= 4 is 18.4 Å². The molecule has 0 radical (unpaired) electrons. The number of carbonyl (C=O) groups excluding carboxylic acids is 1. The maximum atomic E-state index is 11.3. The van der Waals surface area contributed by atoms with E-state index in [-0.39, 0.29) is 18.4 Å². The van der Waals surface area contributed by atoms with E-state index in [9.17, 15) is 4.79 Å². The molecule has 0 heterocycles. The molecule has 2 saturated carbocycles. The Hall–Kier alpha value is -0.280. The van der Waals surface area contributed by atoms with Gasteiger partial charge in [-0.15, -0.1) is 12.4 Å². The predicted molar refractivity (Wildman–Crippen MR) is 51.6 cm³/mol. The van der Waals surface area contributed by atoms with Crippen molar-refractivity contribution in [3.63, 3.8) is 0 Å². The molecule has 0 aliphatic heterocycles. The normalized spacial score (nSPS) is 36.3. The van der Waals surface area contributed by atoms with Gasteiger partial charge in [0.2, 0.25) is 0 Å². The molecule has 2 fully saturated rings. The highest BCUT2D eigenvalue weighted by atomic mass is 35.5. The van der Waals surface area contributed by atoms with Crippen LogP contribution in [-0.2, 0) is 9.53 Å². The molecule has 0 bridgehead atoms. The van der Waals surface area contributed by atoms with Gasteiger partial charge >= 0.3 is 5.97 Å². The van der Waals surface area contributed by atoms with Crippen LogP contribution in [0.25, 0.3) is 0 Å². The molecule has 2 atom stereocenters. The van der Waals surface area contributed by atoms with Crippen molar-refractivity contribution in [3.05, 3.63) is 0 Å². The van der Waals surface area contributed by atoms with Crippen LogP contribution in [0.5, 0.6) is 0 Å². The molecule has 0 unspecified atom stereocenters. The zero-order chi connectivity index (χ0) is 8.77. The van der Waals surface area contributed by atoms with Gasteiger partial charge in [0, 0.05) is 0 Å². The van der Waals surface area contributed by atoms with Crippen molar-refractivity contribution in [1.29, 1.82) is 0 Å². The van der Waals surface area contributed by atoms with E-state index >= 15 is 0 Å². The lowest BCUT2D eigenvalue weighted by atomic mass is 10.1. The standard InChI is InChI=1S/C9H15NO2.ClH/c1-2-12-8(11)9(10)5-7(9)6-3-4-6;/h6-7H,2-5,10H2,1H3;1H/t7-,9+;/m1./s1. The molecule has 3 nitrogen and oxygen atoms in total. The summed E-state index contributed by atoms with van der Waals surface area (Å²) < 4.78 is 4.91. The monoisotopic (exact) mass is 205 g/mol. The Labute approximate surface area is 84.4 Å². The van der Waals surface area contributed by atoms with Crippen LogP contribution in [0.3, 0.4) is 0 Å². The lowest BCUT2D eigenvalue weighted by Gasteiger charge is -2.09. The first-order chi connectivity index (χ1) is 5.68. The molecule has 2 N–H and O–H groups in total. The minimum Gasteiger partial charge on any atom is -0.465 e. The van der Waals surface area contributed by atoms with E-state index in [0.29, 0.717) is 12.5 Å². The smallest absolute Gasteiger partial charge is 0.326 e. The van der Waals surface area contributed by atoms with Crippen LogP contribution in [0.15, 0.2) is 0 Å². The number of carbonyl (C=O) groups is 1. The average molecular weight is 206 g/mol. The van der Waals surface area contributed by atoms with Gasteiger partial charge in [0.25, 0.3) is 0 Å². The number of nitrogens with two attached hydrogens (primary N) is 1. The third kappa shape index (κ3) is 1.81. The highest BCUT2D eigenvalue weighted by molar-refractivity contribution is 5.85. The predicted octanol–water partition coefficient (Wildman–Crippen LogP) is 1.10. The van der Waals surface area contributed by atoms with Gasteiger partial charge < -0.3 is 10.5 Å². The van der Waals surface area contributed by atoms with Gasteiger partial charge in [-0.1, -0.05) is 0 Å². The molecule has 0 aromatic rings. The van der Waals surface area contributed by atoms with Gasteiger partial charge in [0.1, 0.15) is 5.54 Å². The van der Waals surface area contributed by atoms with Crippen molar-refractivity contribution in [3.8, 4) is 0 Å². The van der Waals surface area contributed by atoms with Gasteiger partial charge in [-0.3, -0.25) is 4.79 Å². The van der Waals surface area contributed by atoms with Crippen molar-refractivity contribution < 1.29 is 9.53 Å². The Bertz CT molecular complexity index is 218. The van der Waals surface area contributed by atoms with Crippen LogP contribution in [-0.4, -0.2) is 18.1 Å². The summed E-state index contributed by atoms with van der Waals surface area (Å²) in [6.45, 7) is 2.25. The molecule has 4 heteroatoms. The fourth-order valence-corrected chi connectivity index (χ4v) is 1.89. The molecule has 0 spiro atoms. The molecule has 13 heavy (non-hydrogen) atoms. The summed E-state index contributed by atoms with van der Waals surface area (Å²) in [5, 5.41) is 0. The summed E-state index contributed by atoms with van der Waals surface area (Å²) >= 11 is 0. The SMILES string of the molecule is CCOC(=O)[C@]1(N)C[C@@H]1C1CC1.Cl. The van der Waals surface area contributed by atoms with E-state index < -0.39 is 5.54 Å². The largest absolute Gasteiger partial charge is 0.465 e. The number of hydrogen-bond acceptors (Lipinski definition) is 3. The topological polar surface area (TPSA) is 52.3 Å². The molecule has 2 aliphatic carbocycles. The van der Waals surface area contributed by atoms with Crippen LogP contribution in [0.1, 0.15) is 26.2 Å². The highest BCUT2D eigenvalue weighted by Gasteiger charge is 2.63. The second kappa shape index (κ2) is 3.46. The zero-order valence-electron chi connectivity index (χ0n) is 7.79. The Kier molecular flexibility index (Phi) is 2.88. The maximum absolute atomic E-state index is 11.3. The molecule has 76 valence electrons. The first-order valence-corrected chi connectivity index (χ1v) is 4.64. The first kappa shape index (κ1) is 10.8. The van der Waals surface area contributed by atoms with Crippen molar-refractivity contribution in [2.45, 2.75) is 31.7 Å². The number of ether oxygens (including phenoxy) is 1. The van der Waals surface area contributed by atoms with Crippen molar-refractivity contribution in [1.82, 2.24) is 0 Å². The van der Waals surface area contributed by atoms with Crippen LogP contribution in [0, 0.1) is 11.8 Å². The Morgan fingerprint density at radius 3 is 2.69 bits per heavy atom. The second-order valence-electron chi connectivity index (χ2n) is 3.91. The van der Waals surface area contributed by atoms with Crippen LogP contribution in [0.4, 0.5) is 0 Å². The Balaban J connectivity index is 0.000000845. The third-order valence-electron chi connectivity index (χ3n) is 2.91. The summed E-state index contributed by atoms with van der Waals surface area (Å²) in [6, 6.07) is 0. The number of esters is 1. The van der Waals surface area contributed by atoms with Crippen molar-refractivity contribution in [2.75, 3.05) is 6.61 Å². The minimum atomic E-state index is -0.600. The summed E-state index contributed by atoms with van der Waals surface area (Å²) in [6.07, 6.45) is 3.35. The summed E-state index contributed by atoms with van der Waals surface area (Å²) in [5.74, 6) is 0.956. The maximum Gasteiger partial charge on any atom is 0.326 e. The van der Waals surface area contributed by atoms with E-state index in [1.165, 1.54) is 12.8 Å². The van der Waals surface area contributed by atoms with Gasteiger partial charge in [-0.05, 0) is 38.0 Å². The van der Waals surface area contributed by atoms with E-state index in [2.05, 4.69) is 0 Å². The molecular formula is C9H16ClNO2. The van der Waals surface area contributed by atoms with Crippen LogP contribution in [0.2, 0.25) is 0 Å².